The number of benzene rings is 2. The van der Waals surface area contributed by atoms with E-state index in [1.54, 1.807) is 0 Å². The first-order valence-electron chi connectivity index (χ1n) is 7.70. The van der Waals surface area contributed by atoms with Crippen LogP contribution in [0, 0.1) is 23.4 Å². The lowest BCUT2D eigenvalue weighted by molar-refractivity contribution is 0.0776. The third-order valence-corrected chi connectivity index (χ3v) is 4.48. The molecule has 1 amide bonds. The monoisotopic (exact) mass is 334 g/mol. The predicted molar refractivity (Wildman–Crippen MR) is 83.9 cm³/mol. The molecule has 1 aliphatic rings. The molecule has 3 rings (SSSR count). The second kappa shape index (κ2) is 6.65. The number of halogens is 3. The summed E-state index contributed by atoms with van der Waals surface area (Å²) >= 11 is 0. The van der Waals surface area contributed by atoms with Gasteiger partial charge in [-0.2, -0.15) is 0 Å². The Kier molecular flexibility index (Phi) is 4.57. The zero-order valence-electron chi connectivity index (χ0n) is 12.9. The highest BCUT2D eigenvalue weighted by molar-refractivity contribution is 5.95. The molecule has 1 fully saturated rings. The molecule has 0 saturated carbocycles. The summed E-state index contributed by atoms with van der Waals surface area (Å²) in [5.74, 6) is -4.20. The zero-order chi connectivity index (χ0) is 17.3. The molecule has 2 aromatic rings. The molecule has 0 radical (unpaired) electrons. The van der Waals surface area contributed by atoms with Crippen molar-refractivity contribution in [1.82, 2.24) is 4.90 Å². The lowest BCUT2D eigenvalue weighted by Gasteiger charge is -2.17. The third-order valence-electron chi connectivity index (χ3n) is 4.48. The first-order chi connectivity index (χ1) is 11.5. The molecule has 2 atom stereocenters. The summed E-state index contributed by atoms with van der Waals surface area (Å²) in [5, 5.41) is 0. The van der Waals surface area contributed by atoms with Crippen molar-refractivity contribution < 1.29 is 18.0 Å². The van der Waals surface area contributed by atoms with E-state index < -0.39 is 28.9 Å². The molecule has 24 heavy (non-hydrogen) atoms. The minimum Gasteiger partial charge on any atom is -0.337 e. The molecule has 0 aliphatic carbocycles. The van der Waals surface area contributed by atoms with Crippen LogP contribution < -0.4 is 5.73 Å². The molecule has 0 aromatic heterocycles. The minimum absolute atomic E-state index is 0.00270. The van der Waals surface area contributed by atoms with Gasteiger partial charge in [-0.25, -0.2) is 13.2 Å². The van der Waals surface area contributed by atoms with Crippen molar-refractivity contribution in [2.45, 2.75) is 5.92 Å². The highest BCUT2D eigenvalue weighted by atomic mass is 19.1. The maximum Gasteiger partial charge on any atom is 0.259 e. The van der Waals surface area contributed by atoms with Crippen LogP contribution in [0.15, 0.2) is 42.5 Å². The van der Waals surface area contributed by atoms with Gasteiger partial charge in [0, 0.05) is 31.1 Å². The van der Waals surface area contributed by atoms with Crippen LogP contribution in [-0.4, -0.2) is 30.4 Å². The number of rotatable bonds is 3. The Morgan fingerprint density at radius 3 is 2.29 bits per heavy atom. The molecular weight excluding hydrogens is 317 g/mol. The highest BCUT2D eigenvalue weighted by Crippen LogP contribution is 2.33. The van der Waals surface area contributed by atoms with Gasteiger partial charge in [0.25, 0.3) is 5.91 Å². The van der Waals surface area contributed by atoms with Crippen molar-refractivity contribution in [3.05, 3.63) is 71.0 Å². The minimum atomic E-state index is -1.19. The van der Waals surface area contributed by atoms with E-state index in [-0.39, 0.29) is 11.8 Å². The van der Waals surface area contributed by atoms with Crippen molar-refractivity contribution in [2.24, 2.45) is 11.7 Å². The highest BCUT2D eigenvalue weighted by Gasteiger charge is 2.37. The molecule has 126 valence electrons. The van der Waals surface area contributed by atoms with E-state index in [2.05, 4.69) is 0 Å². The number of nitrogens with two attached hydrogens (primary N) is 1. The molecular formula is C18H17F3N2O. The van der Waals surface area contributed by atoms with Crippen LogP contribution in [-0.2, 0) is 0 Å². The number of amides is 1. The molecule has 2 aromatic carbocycles. The fraction of sp³-hybridized carbons (Fsp3) is 0.278. The summed E-state index contributed by atoms with van der Waals surface area (Å²) in [6, 6.07) is 10.6. The van der Waals surface area contributed by atoms with Gasteiger partial charge in [0.15, 0.2) is 0 Å². The molecule has 0 bridgehead atoms. The van der Waals surface area contributed by atoms with Gasteiger partial charge in [0.05, 0.1) is 0 Å². The van der Waals surface area contributed by atoms with Crippen LogP contribution in [0.4, 0.5) is 13.2 Å². The van der Waals surface area contributed by atoms with E-state index in [1.165, 1.54) is 4.90 Å². The Hall–Kier alpha value is -2.34. The second-order valence-corrected chi connectivity index (χ2v) is 5.97. The quantitative estimate of drug-likeness (QED) is 0.938. The molecule has 2 N–H and O–H groups in total. The maximum atomic E-state index is 13.9. The number of likely N-dealkylation sites (tertiary alicyclic amines) is 1. The fourth-order valence-corrected chi connectivity index (χ4v) is 3.26. The van der Waals surface area contributed by atoms with Gasteiger partial charge in [-0.3, -0.25) is 4.79 Å². The SMILES string of the molecule is NC[C@@H]1CN(C(=O)c2c(F)cc(F)cc2F)C[C@H]1c1ccccc1. The van der Waals surface area contributed by atoms with E-state index in [0.717, 1.165) is 5.56 Å². The number of hydrogen-bond acceptors (Lipinski definition) is 2. The first kappa shape index (κ1) is 16.5. The maximum absolute atomic E-state index is 13.9. The second-order valence-electron chi connectivity index (χ2n) is 5.97. The summed E-state index contributed by atoms with van der Waals surface area (Å²) in [5.41, 5.74) is 6.12. The van der Waals surface area contributed by atoms with Gasteiger partial charge in [-0.15, -0.1) is 0 Å². The van der Waals surface area contributed by atoms with Gasteiger partial charge in [0.1, 0.15) is 23.0 Å². The Labute approximate surface area is 137 Å². The molecule has 1 saturated heterocycles. The van der Waals surface area contributed by atoms with Crippen LogP contribution >= 0.6 is 0 Å². The average Bonchev–Trinajstić information content (AvgIpc) is 2.99. The first-order valence-corrected chi connectivity index (χ1v) is 7.70. The number of hydrogen-bond donors (Lipinski definition) is 1. The number of carbonyl (C=O) groups excluding carboxylic acids is 1. The summed E-state index contributed by atoms with van der Waals surface area (Å²) in [4.78, 5) is 13.9. The summed E-state index contributed by atoms with van der Waals surface area (Å²) < 4.78 is 40.8. The van der Waals surface area contributed by atoms with Crippen molar-refractivity contribution in [3.8, 4) is 0 Å². The van der Waals surface area contributed by atoms with E-state index in [1.807, 2.05) is 30.3 Å². The number of carbonyl (C=O) groups is 1. The normalized spacial score (nSPS) is 20.4. The van der Waals surface area contributed by atoms with Crippen LogP contribution in [0.1, 0.15) is 21.8 Å². The third kappa shape index (κ3) is 3.01. The number of nitrogens with zero attached hydrogens (tertiary/aromatic N) is 1. The summed E-state index contributed by atoms with van der Waals surface area (Å²) in [7, 11) is 0. The van der Waals surface area contributed by atoms with E-state index in [9.17, 15) is 18.0 Å². The Morgan fingerprint density at radius 2 is 1.71 bits per heavy atom. The van der Waals surface area contributed by atoms with Crippen molar-refractivity contribution in [3.63, 3.8) is 0 Å². The standard InChI is InChI=1S/C18H17F3N2O/c19-13-6-15(20)17(16(21)7-13)18(24)23-9-12(8-22)14(10-23)11-4-2-1-3-5-11/h1-7,12,14H,8-10,22H2/t12-,14+/m1/s1. The van der Waals surface area contributed by atoms with Gasteiger partial charge in [-0.05, 0) is 18.0 Å². The molecule has 1 heterocycles. The predicted octanol–water partition coefficient (Wildman–Crippen LogP) is 2.92. The van der Waals surface area contributed by atoms with E-state index >= 15 is 0 Å². The van der Waals surface area contributed by atoms with Crippen LogP contribution in [0.25, 0.3) is 0 Å². The Balaban J connectivity index is 1.87. The molecule has 0 unspecified atom stereocenters. The molecule has 0 spiro atoms. The van der Waals surface area contributed by atoms with Crippen molar-refractivity contribution >= 4 is 5.91 Å². The fourth-order valence-electron chi connectivity index (χ4n) is 3.26. The summed E-state index contributed by atoms with van der Waals surface area (Å²) in [6.45, 7) is 0.990. The van der Waals surface area contributed by atoms with Gasteiger partial charge < -0.3 is 10.6 Å². The van der Waals surface area contributed by atoms with Gasteiger partial charge in [0.2, 0.25) is 0 Å². The lowest BCUT2D eigenvalue weighted by Crippen LogP contribution is -2.31. The van der Waals surface area contributed by atoms with Gasteiger partial charge in [-0.1, -0.05) is 30.3 Å². The molecule has 6 heteroatoms. The average molecular weight is 334 g/mol. The smallest absolute Gasteiger partial charge is 0.259 e. The van der Waals surface area contributed by atoms with Crippen molar-refractivity contribution in [1.29, 1.82) is 0 Å². The van der Waals surface area contributed by atoms with Crippen molar-refractivity contribution in [2.75, 3.05) is 19.6 Å². The van der Waals surface area contributed by atoms with Crippen LogP contribution in [0.2, 0.25) is 0 Å². The largest absolute Gasteiger partial charge is 0.337 e. The molecule has 3 nitrogen and oxygen atoms in total. The Morgan fingerprint density at radius 1 is 1.08 bits per heavy atom. The van der Waals surface area contributed by atoms with E-state index in [0.29, 0.717) is 31.8 Å². The topological polar surface area (TPSA) is 46.3 Å². The zero-order valence-corrected chi connectivity index (χ0v) is 12.9. The Bertz CT molecular complexity index is 728. The molecule has 1 aliphatic heterocycles. The van der Waals surface area contributed by atoms with Crippen LogP contribution in [0.5, 0.6) is 0 Å². The summed E-state index contributed by atoms with van der Waals surface area (Å²) in [6.07, 6.45) is 0. The van der Waals surface area contributed by atoms with E-state index in [4.69, 9.17) is 5.73 Å². The van der Waals surface area contributed by atoms with Gasteiger partial charge >= 0.3 is 0 Å². The lowest BCUT2D eigenvalue weighted by atomic mass is 9.89. The van der Waals surface area contributed by atoms with Crippen LogP contribution in [0.3, 0.4) is 0 Å².